The van der Waals surface area contributed by atoms with Gasteiger partial charge in [0.1, 0.15) is 0 Å². The number of methoxy groups -OCH3 is 1. The van der Waals surface area contributed by atoms with E-state index in [0.717, 1.165) is 16.7 Å². The van der Waals surface area contributed by atoms with Gasteiger partial charge in [-0.2, -0.15) is 0 Å². The number of hydrogen-bond donors (Lipinski definition) is 1. The second kappa shape index (κ2) is 5.16. The van der Waals surface area contributed by atoms with Crippen molar-refractivity contribution in [3.8, 4) is 0 Å². The van der Waals surface area contributed by atoms with E-state index in [4.69, 9.17) is 10.1 Å². The summed E-state index contributed by atoms with van der Waals surface area (Å²) in [6.45, 7) is 3.81. The molecule has 1 N–H and O–H groups in total. The predicted molar refractivity (Wildman–Crippen MR) is 67.6 cm³/mol. The Morgan fingerprint density at radius 3 is 2.31 bits per heavy atom. The van der Waals surface area contributed by atoms with Crippen LogP contribution < -0.4 is 0 Å². The fraction of sp³-hybridized carbons (Fsp3) is 0.333. The van der Waals surface area contributed by atoms with Gasteiger partial charge in [0.25, 0.3) is 0 Å². The number of hydrogen-bond acceptors (Lipinski definition) is 4. The fourth-order valence-electron chi connectivity index (χ4n) is 1.54. The SMILES string of the molecule is COC(=O)c1cc(C(=N)SC)c(C)cc1C. The van der Waals surface area contributed by atoms with Crippen molar-refractivity contribution in [2.75, 3.05) is 13.4 Å². The van der Waals surface area contributed by atoms with Gasteiger partial charge in [-0.25, -0.2) is 4.79 Å². The first-order valence-corrected chi connectivity index (χ1v) is 6.06. The summed E-state index contributed by atoms with van der Waals surface area (Å²) in [4.78, 5) is 11.5. The Morgan fingerprint density at radius 2 is 1.81 bits per heavy atom. The van der Waals surface area contributed by atoms with Gasteiger partial charge in [-0.1, -0.05) is 6.07 Å². The Hall–Kier alpha value is -1.29. The highest BCUT2D eigenvalue weighted by Crippen LogP contribution is 2.20. The van der Waals surface area contributed by atoms with Crippen molar-refractivity contribution >= 4 is 22.8 Å². The van der Waals surface area contributed by atoms with E-state index < -0.39 is 0 Å². The summed E-state index contributed by atoms with van der Waals surface area (Å²) >= 11 is 1.36. The van der Waals surface area contributed by atoms with E-state index in [1.807, 2.05) is 26.2 Å². The van der Waals surface area contributed by atoms with Crippen LogP contribution in [0.2, 0.25) is 0 Å². The van der Waals surface area contributed by atoms with Crippen LogP contribution in [0.3, 0.4) is 0 Å². The van der Waals surface area contributed by atoms with Crippen molar-refractivity contribution in [1.29, 1.82) is 5.41 Å². The summed E-state index contributed by atoms with van der Waals surface area (Å²) in [7, 11) is 1.36. The van der Waals surface area contributed by atoms with Gasteiger partial charge in [0.05, 0.1) is 17.7 Å². The molecule has 1 rings (SSSR count). The van der Waals surface area contributed by atoms with Gasteiger partial charge in [0, 0.05) is 5.56 Å². The largest absolute Gasteiger partial charge is 0.465 e. The quantitative estimate of drug-likeness (QED) is 0.489. The van der Waals surface area contributed by atoms with Crippen LogP contribution in [0.5, 0.6) is 0 Å². The van der Waals surface area contributed by atoms with Gasteiger partial charge in [-0.15, -0.1) is 11.8 Å². The van der Waals surface area contributed by atoms with E-state index >= 15 is 0 Å². The molecule has 0 amide bonds. The highest BCUT2D eigenvalue weighted by Gasteiger charge is 2.13. The number of carbonyl (C=O) groups is 1. The maximum absolute atomic E-state index is 11.5. The molecule has 0 radical (unpaired) electrons. The number of benzene rings is 1. The van der Waals surface area contributed by atoms with Crippen molar-refractivity contribution < 1.29 is 9.53 Å². The molecule has 0 saturated heterocycles. The number of ether oxygens (including phenoxy) is 1. The first kappa shape index (κ1) is 12.8. The van der Waals surface area contributed by atoms with Crippen LogP contribution in [-0.4, -0.2) is 24.4 Å². The third-order valence-electron chi connectivity index (χ3n) is 2.43. The third-order valence-corrected chi connectivity index (χ3v) is 3.05. The summed E-state index contributed by atoms with van der Waals surface area (Å²) in [6.07, 6.45) is 1.85. The third kappa shape index (κ3) is 2.44. The molecule has 0 aromatic heterocycles. The maximum atomic E-state index is 11.5. The molecular formula is C12H15NO2S. The van der Waals surface area contributed by atoms with Crippen molar-refractivity contribution in [2.45, 2.75) is 13.8 Å². The molecular weight excluding hydrogens is 222 g/mol. The van der Waals surface area contributed by atoms with Crippen LogP contribution in [0, 0.1) is 19.3 Å². The van der Waals surface area contributed by atoms with Crippen LogP contribution in [0.15, 0.2) is 12.1 Å². The van der Waals surface area contributed by atoms with Crippen molar-refractivity contribution in [3.05, 3.63) is 34.4 Å². The van der Waals surface area contributed by atoms with E-state index in [9.17, 15) is 4.79 Å². The summed E-state index contributed by atoms with van der Waals surface area (Å²) in [6, 6.07) is 3.64. The molecule has 1 aromatic rings. The average Bonchev–Trinajstić information content (AvgIpc) is 2.27. The molecule has 4 heteroatoms. The highest BCUT2D eigenvalue weighted by molar-refractivity contribution is 8.13. The zero-order valence-corrected chi connectivity index (χ0v) is 10.7. The van der Waals surface area contributed by atoms with Gasteiger partial charge in [-0.3, -0.25) is 5.41 Å². The standard InChI is InChI=1S/C12H15NO2S/c1-7-5-8(2)10(12(14)15-3)6-9(7)11(13)16-4/h5-6,13H,1-4H3. The fourth-order valence-corrected chi connectivity index (χ4v) is 1.98. The van der Waals surface area contributed by atoms with Crippen LogP contribution in [0.4, 0.5) is 0 Å². The topological polar surface area (TPSA) is 50.2 Å². The second-order valence-corrected chi connectivity index (χ2v) is 4.32. The lowest BCUT2D eigenvalue weighted by Gasteiger charge is -2.10. The molecule has 1 aromatic carbocycles. The van der Waals surface area contributed by atoms with Gasteiger partial charge in [0.2, 0.25) is 0 Å². The van der Waals surface area contributed by atoms with E-state index in [-0.39, 0.29) is 5.97 Å². The number of aryl methyl sites for hydroxylation is 2. The van der Waals surface area contributed by atoms with E-state index in [0.29, 0.717) is 10.6 Å². The zero-order valence-electron chi connectivity index (χ0n) is 9.88. The molecule has 16 heavy (non-hydrogen) atoms. The Bertz CT molecular complexity index is 404. The van der Waals surface area contributed by atoms with Gasteiger partial charge in [0.15, 0.2) is 0 Å². The number of carbonyl (C=O) groups excluding carboxylic acids is 1. The number of nitrogens with one attached hydrogen (secondary N) is 1. The van der Waals surface area contributed by atoms with Crippen molar-refractivity contribution in [2.24, 2.45) is 0 Å². The number of esters is 1. The van der Waals surface area contributed by atoms with Crippen LogP contribution in [0.1, 0.15) is 27.0 Å². The molecule has 0 spiro atoms. The molecule has 0 aliphatic rings. The summed E-state index contributed by atoms with van der Waals surface area (Å²) in [5.41, 5.74) is 3.20. The van der Waals surface area contributed by atoms with Gasteiger partial charge in [-0.05, 0) is 37.3 Å². The Labute approximate surface area is 99.7 Å². The smallest absolute Gasteiger partial charge is 0.338 e. The summed E-state index contributed by atoms with van der Waals surface area (Å²) < 4.78 is 4.71. The normalized spacial score (nSPS) is 10.0. The van der Waals surface area contributed by atoms with Crippen LogP contribution in [0.25, 0.3) is 0 Å². The molecule has 0 aliphatic heterocycles. The molecule has 0 fully saturated rings. The lowest BCUT2D eigenvalue weighted by Crippen LogP contribution is -2.07. The lowest BCUT2D eigenvalue weighted by molar-refractivity contribution is 0.0600. The number of thioether (sulfide) groups is 1. The maximum Gasteiger partial charge on any atom is 0.338 e. The van der Waals surface area contributed by atoms with E-state index in [1.54, 1.807) is 6.07 Å². The molecule has 86 valence electrons. The number of rotatable bonds is 2. The van der Waals surface area contributed by atoms with Crippen molar-refractivity contribution in [3.63, 3.8) is 0 Å². The minimum Gasteiger partial charge on any atom is -0.465 e. The molecule has 0 saturated carbocycles. The van der Waals surface area contributed by atoms with E-state index in [2.05, 4.69) is 0 Å². The molecule has 3 nitrogen and oxygen atoms in total. The molecule has 0 unspecified atom stereocenters. The molecule has 0 bridgehead atoms. The van der Waals surface area contributed by atoms with Gasteiger partial charge < -0.3 is 4.74 Å². The average molecular weight is 237 g/mol. The Morgan fingerprint density at radius 1 is 1.25 bits per heavy atom. The van der Waals surface area contributed by atoms with Crippen LogP contribution >= 0.6 is 11.8 Å². The summed E-state index contributed by atoms with van der Waals surface area (Å²) in [5, 5.41) is 8.26. The van der Waals surface area contributed by atoms with E-state index in [1.165, 1.54) is 18.9 Å². The minimum absolute atomic E-state index is 0.354. The monoisotopic (exact) mass is 237 g/mol. The van der Waals surface area contributed by atoms with Crippen molar-refractivity contribution in [1.82, 2.24) is 0 Å². The first-order valence-electron chi connectivity index (χ1n) is 4.83. The lowest BCUT2D eigenvalue weighted by atomic mass is 10.0. The zero-order chi connectivity index (χ0) is 12.3. The highest BCUT2D eigenvalue weighted by atomic mass is 32.2. The Kier molecular flexibility index (Phi) is 4.12. The van der Waals surface area contributed by atoms with Gasteiger partial charge >= 0.3 is 5.97 Å². The predicted octanol–water partition coefficient (Wildman–Crippen LogP) is 2.78. The molecule has 0 aliphatic carbocycles. The first-order chi connectivity index (χ1) is 7.51. The summed E-state index contributed by atoms with van der Waals surface area (Å²) in [5.74, 6) is -0.354. The Balaban J connectivity index is 3.32. The molecule has 0 heterocycles. The molecule has 0 atom stereocenters. The second-order valence-electron chi connectivity index (χ2n) is 3.51. The minimum atomic E-state index is -0.354. The van der Waals surface area contributed by atoms with Crippen LogP contribution in [-0.2, 0) is 4.74 Å².